The summed E-state index contributed by atoms with van der Waals surface area (Å²) in [5.41, 5.74) is 7.32. The first-order valence-corrected chi connectivity index (χ1v) is 5.59. The van der Waals surface area contributed by atoms with Gasteiger partial charge in [0.15, 0.2) is 5.82 Å². The van der Waals surface area contributed by atoms with Crippen molar-refractivity contribution in [3.8, 4) is 12.1 Å². The second-order valence-electron chi connectivity index (χ2n) is 3.20. The summed E-state index contributed by atoms with van der Waals surface area (Å²) in [5.74, 6) is 0.106. The highest BCUT2D eigenvalue weighted by Gasteiger charge is 2.14. The van der Waals surface area contributed by atoms with Crippen LogP contribution in [0.2, 0.25) is 0 Å². The Morgan fingerprint density at radius 1 is 1.53 bits per heavy atom. The summed E-state index contributed by atoms with van der Waals surface area (Å²) in [6.45, 7) is 0. The Labute approximate surface area is 101 Å². The van der Waals surface area contributed by atoms with Gasteiger partial charge in [0.2, 0.25) is 0 Å². The number of anilines is 1. The molecule has 0 fully saturated rings. The zero-order valence-electron chi connectivity index (χ0n) is 8.64. The number of thiophene rings is 1. The predicted octanol–water partition coefficient (Wildman–Crippen LogP) is 1.99. The summed E-state index contributed by atoms with van der Waals surface area (Å²) in [5, 5.41) is 28.2. The number of nitrogens with one attached hydrogen (secondary N) is 1. The molecular weight excluding hydrogens is 234 g/mol. The zero-order chi connectivity index (χ0) is 12.3. The molecule has 0 aliphatic heterocycles. The SMILES string of the molecule is N#C/C(=C\c1ccsc1)c1[nH]nc(N)c1C#N. The van der Waals surface area contributed by atoms with Crippen LogP contribution >= 0.6 is 11.3 Å². The number of aromatic amines is 1. The average molecular weight is 241 g/mol. The molecule has 0 bridgehead atoms. The van der Waals surface area contributed by atoms with Crippen molar-refractivity contribution in [2.24, 2.45) is 0 Å². The van der Waals surface area contributed by atoms with Gasteiger partial charge in [0.1, 0.15) is 17.7 Å². The topological polar surface area (TPSA) is 102 Å². The molecule has 82 valence electrons. The van der Waals surface area contributed by atoms with E-state index in [9.17, 15) is 0 Å². The van der Waals surface area contributed by atoms with Crippen LogP contribution in [0.15, 0.2) is 16.8 Å². The van der Waals surface area contributed by atoms with Crippen molar-refractivity contribution >= 4 is 28.8 Å². The lowest BCUT2D eigenvalue weighted by Gasteiger charge is -1.94. The zero-order valence-corrected chi connectivity index (χ0v) is 9.45. The molecule has 0 aliphatic carbocycles. The van der Waals surface area contributed by atoms with E-state index in [1.807, 2.05) is 29.0 Å². The molecule has 0 spiro atoms. The molecule has 6 heteroatoms. The highest BCUT2D eigenvalue weighted by Crippen LogP contribution is 2.22. The monoisotopic (exact) mass is 241 g/mol. The summed E-state index contributed by atoms with van der Waals surface area (Å²) < 4.78 is 0. The number of nitrogens with two attached hydrogens (primary N) is 1. The van der Waals surface area contributed by atoms with Crippen molar-refractivity contribution in [1.82, 2.24) is 10.2 Å². The molecule has 2 rings (SSSR count). The third-order valence-corrected chi connectivity index (χ3v) is 2.85. The molecule has 0 radical (unpaired) electrons. The average Bonchev–Trinajstić information content (AvgIpc) is 2.95. The van der Waals surface area contributed by atoms with E-state index in [0.717, 1.165) is 5.56 Å². The first-order chi connectivity index (χ1) is 8.26. The largest absolute Gasteiger partial charge is 0.381 e. The van der Waals surface area contributed by atoms with Gasteiger partial charge in [0.05, 0.1) is 11.3 Å². The number of hydrogen-bond donors (Lipinski definition) is 2. The van der Waals surface area contributed by atoms with Crippen molar-refractivity contribution in [3.05, 3.63) is 33.6 Å². The molecule has 0 atom stereocenters. The van der Waals surface area contributed by atoms with Crippen LogP contribution in [-0.4, -0.2) is 10.2 Å². The number of nitriles is 2. The van der Waals surface area contributed by atoms with Gasteiger partial charge in [-0.3, -0.25) is 5.10 Å². The normalized spacial score (nSPS) is 10.8. The number of nitrogens with zero attached hydrogens (tertiary/aromatic N) is 3. The molecule has 3 N–H and O–H groups in total. The van der Waals surface area contributed by atoms with Gasteiger partial charge < -0.3 is 5.73 Å². The number of aromatic nitrogens is 2. The minimum absolute atomic E-state index is 0.106. The molecule has 0 aliphatic rings. The molecule has 0 saturated heterocycles. The highest BCUT2D eigenvalue weighted by molar-refractivity contribution is 7.08. The molecule has 2 aromatic heterocycles. The third kappa shape index (κ3) is 2.03. The lowest BCUT2D eigenvalue weighted by atomic mass is 10.1. The van der Waals surface area contributed by atoms with E-state index in [0.29, 0.717) is 11.3 Å². The smallest absolute Gasteiger partial charge is 0.163 e. The van der Waals surface area contributed by atoms with Gasteiger partial charge in [0, 0.05) is 0 Å². The van der Waals surface area contributed by atoms with E-state index in [-0.39, 0.29) is 11.4 Å². The number of rotatable bonds is 2. The van der Waals surface area contributed by atoms with Crippen molar-refractivity contribution in [3.63, 3.8) is 0 Å². The van der Waals surface area contributed by atoms with Gasteiger partial charge in [0.25, 0.3) is 0 Å². The molecule has 0 unspecified atom stereocenters. The fourth-order valence-corrected chi connectivity index (χ4v) is 1.97. The maximum absolute atomic E-state index is 9.09. The van der Waals surface area contributed by atoms with Crippen LogP contribution in [0.5, 0.6) is 0 Å². The fourth-order valence-electron chi connectivity index (χ4n) is 1.35. The van der Waals surface area contributed by atoms with Crippen molar-refractivity contribution in [2.45, 2.75) is 0 Å². The van der Waals surface area contributed by atoms with Gasteiger partial charge in [-0.05, 0) is 28.5 Å². The van der Waals surface area contributed by atoms with Crippen LogP contribution < -0.4 is 5.73 Å². The van der Waals surface area contributed by atoms with Gasteiger partial charge in [-0.2, -0.15) is 27.0 Å². The highest BCUT2D eigenvalue weighted by atomic mass is 32.1. The Hall–Kier alpha value is -2.57. The van der Waals surface area contributed by atoms with E-state index in [1.165, 1.54) is 11.3 Å². The van der Waals surface area contributed by atoms with Gasteiger partial charge in [-0.1, -0.05) is 0 Å². The third-order valence-electron chi connectivity index (χ3n) is 2.15. The summed E-state index contributed by atoms with van der Waals surface area (Å²) >= 11 is 1.53. The van der Waals surface area contributed by atoms with Gasteiger partial charge in [-0.25, -0.2) is 0 Å². The summed E-state index contributed by atoms with van der Waals surface area (Å²) in [4.78, 5) is 0. The molecule has 0 aromatic carbocycles. The van der Waals surface area contributed by atoms with Crippen molar-refractivity contribution < 1.29 is 0 Å². The summed E-state index contributed by atoms with van der Waals surface area (Å²) in [7, 11) is 0. The standard InChI is InChI=1S/C11H7N5S/c12-4-8(3-7-1-2-17-6-7)10-9(5-13)11(14)16-15-10/h1-3,6H,(H3,14,15,16)/b8-3+. The van der Waals surface area contributed by atoms with Crippen molar-refractivity contribution in [2.75, 3.05) is 5.73 Å². The van der Waals surface area contributed by atoms with Crippen LogP contribution in [-0.2, 0) is 0 Å². The lowest BCUT2D eigenvalue weighted by Crippen LogP contribution is -1.89. The first kappa shape index (κ1) is 10.9. The van der Waals surface area contributed by atoms with E-state index in [4.69, 9.17) is 16.3 Å². The molecular formula is C11H7N5S. The van der Waals surface area contributed by atoms with Crippen LogP contribution in [0, 0.1) is 22.7 Å². The van der Waals surface area contributed by atoms with Crippen molar-refractivity contribution in [1.29, 1.82) is 10.5 Å². The number of nitrogen functional groups attached to an aromatic ring is 1. The lowest BCUT2D eigenvalue weighted by molar-refractivity contribution is 1.08. The van der Waals surface area contributed by atoms with E-state index in [1.54, 1.807) is 6.08 Å². The Bertz CT molecular complexity index is 636. The quantitative estimate of drug-likeness (QED) is 0.785. The number of H-pyrrole nitrogens is 1. The molecule has 2 aromatic rings. The van der Waals surface area contributed by atoms with E-state index < -0.39 is 0 Å². The molecule has 17 heavy (non-hydrogen) atoms. The molecule has 0 amide bonds. The maximum atomic E-state index is 9.09. The maximum Gasteiger partial charge on any atom is 0.163 e. The summed E-state index contributed by atoms with van der Waals surface area (Å²) in [6, 6.07) is 5.85. The molecule has 0 saturated carbocycles. The number of hydrogen-bond acceptors (Lipinski definition) is 5. The number of allylic oxidation sites excluding steroid dienone is 1. The Kier molecular flexibility index (Phi) is 2.91. The Balaban J connectivity index is 2.51. The van der Waals surface area contributed by atoms with Crippen LogP contribution in [0.3, 0.4) is 0 Å². The second-order valence-corrected chi connectivity index (χ2v) is 3.98. The van der Waals surface area contributed by atoms with Crippen LogP contribution in [0.25, 0.3) is 11.6 Å². The second kappa shape index (κ2) is 4.52. The fraction of sp³-hybridized carbons (Fsp3) is 0. The van der Waals surface area contributed by atoms with Gasteiger partial charge >= 0.3 is 0 Å². The van der Waals surface area contributed by atoms with Crippen LogP contribution in [0.4, 0.5) is 5.82 Å². The van der Waals surface area contributed by atoms with Crippen LogP contribution in [0.1, 0.15) is 16.8 Å². The minimum Gasteiger partial charge on any atom is -0.381 e. The Morgan fingerprint density at radius 3 is 2.94 bits per heavy atom. The van der Waals surface area contributed by atoms with E-state index in [2.05, 4.69) is 10.2 Å². The predicted molar refractivity (Wildman–Crippen MR) is 65.5 cm³/mol. The molecule has 2 heterocycles. The Morgan fingerprint density at radius 2 is 2.35 bits per heavy atom. The van der Waals surface area contributed by atoms with E-state index >= 15 is 0 Å². The van der Waals surface area contributed by atoms with Gasteiger partial charge in [-0.15, -0.1) is 0 Å². The first-order valence-electron chi connectivity index (χ1n) is 4.64. The molecule has 5 nitrogen and oxygen atoms in total. The minimum atomic E-state index is 0.106. The summed E-state index contributed by atoms with van der Waals surface area (Å²) in [6.07, 6.45) is 1.68.